The van der Waals surface area contributed by atoms with Gasteiger partial charge in [-0.3, -0.25) is 14.6 Å². The number of fused-ring (bicyclic) bond motifs is 1. The van der Waals surface area contributed by atoms with Gasteiger partial charge in [-0.05, 0) is 56.5 Å². The first-order valence-corrected chi connectivity index (χ1v) is 9.38. The maximum atomic E-state index is 13.1. The number of pyridine rings is 1. The van der Waals surface area contributed by atoms with Gasteiger partial charge in [0.1, 0.15) is 11.4 Å². The van der Waals surface area contributed by atoms with Gasteiger partial charge in [0.05, 0.1) is 0 Å². The number of nitrogens with zero attached hydrogens (tertiary/aromatic N) is 2. The lowest BCUT2D eigenvalue weighted by Crippen LogP contribution is -2.42. The van der Waals surface area contributed by atoms with E-state index in [-0.39, 0.29) is 17.6 Å². The first kappa shape index (κ1) is 17.5. The Balaban J connectivity index is 1.57. The van der Waals surface area contributed by atoms with Gasteiger partial charge >= 0.3 is 0 Å². The van der Waals surface area contributed by atoms with Crippen molar-refractivity contribution in [3.05, 3.63) is 65.1 Å². The van der Waals surface area contributed by atoms with E-state index < -0.39 is 0 Å². The zero-order chi connectivity index (χ0) is 19.0. The summed E-state index contributed by atoms with van der Waals surface area (Å²) in [6.45, 7) is 5.15. The molecule has 2 aromatic heterocycles. The third-order valence-electron chi connectivity index (χ3n) is 5.42. The fourth-order valence-corrected chi connectivity index (χ4v) is 3.91. The van der Waals surface area contributed by atoms with Gasteiger partial charge in [0.25, 0.3) is 5.91 Å². The number of aromatic nitrogens is 2. The van der Waals surface area contributed by atoms with Gasteiger partial charge in [-0.1, -0.05) is 17.7 Å². The predicted octanol–water partition coefficient (Wildman–Crippen LogP) is 3.91. The topological polar surface area (TPSA) is 66.1 Å². The molecule has 3 aromatic rings. The van der Waals surface area contributed by atoms with Crippen LogP contribution in [0.2, 0.25) is 0 Å². The summed E-state index contributed by atoms with van der Waals surface area (Å²) in [6, 6.07) is 11.5. The molecule has 1 aliphatic heterocycles. The van der Waals surface area contributed by atoms with Crippen LogP contribution in [0.1, 0.15) is 44.9 Å². The Kier molecular flexibility index (Phi) is 4.52. The van der Waals surface area contributed by atoms with Crippen LogP contribution >= 0.6 is 0 Å². The molecule has 3 heterocycles. The van der Waals surface area contributed by atoms with Crippen LogP contribution in [0.5, 0.6) is 0 Å². The average molecular weight is 361 g/mol. The fourth-order valence-electron chi connectivity index (χ4n) is 3.91. The van der Waals surface area contributed by atoms with Crippen molar-refractivity contribution in [3.8, 4) is 0 Å². The van der Waals surface area contributed by atoms with E-state index in [0.717, 1.165) is 29.3 Å². The summed E-state index contributed by atoms with van der Waals surface area (Å²) in [4.78, 5) is 35.1. The van der Waals surface area contributed by atoms with E-state index in [1.165, 1.54) is 5.56 Å². The molecule has 138 valence electrons. The van der Waals surface area contributed by atoms with Crippen LogP contribution in [0.15, 0.2) is 42.6 Å². The number of Topliss-reactive ketones (excluding diaryl/α,β-unsaturated/α-hetero) is 1. The van der Waals surface area contributed by atoms with Crippen LogP contribution in [-0.4, -0.2) is 39.6 Å². The van der Waals surface area contributed by atoms with Crippen molar-refractivity contribution in [2.75, 3.05) is 13.1 Å². The summed E-state index contributed by atoms with van der Waals surface area (Å²) >= 11 is 0. The molecular formula is C22H23N3O2. The van der Waals surface area contributed by atoms with Crippen LogP contribution in [0, 0.1) is 19.8 Å². The molecular weight excluding hydrogens is 338 g/mol. The van der Waals surface area contributed by atoms with Crippen molar-refractivity contribution in [1.82, 2.24) is 14.9 Å². The lowest BCUT2D eigenvalue weighted by Gasteiger charge is -2.31. The smallest absolute Gasteiger partial charge is 0.270 e. The molecule has 1 amide bonds. The second-order valence-electron chi connectivity index (χ2n) is 7.34. The van der Waals surface area contributed by atoms with Gasteiger partial charge in [-0.2, -0.15) is 0 Å². The van der Waals surface area contributed by atoms with E-state index in [4.69, 9.17) is 0 Å². The van der Waals surface area contributed by atoms with Crippen molar-refractivity contribution in [1.29, 1.82) is 0 Å². The van der Waals surface area contributed by atoms with Crippen molar-refractivity contribution in [2.45, 2.75) is 26.7 Å². The highest BCUT2D eigenvalue weighted by molar-refractivity contribution is 6.02. The summed E-state index contributed by atoms with van der Waals surface area (Å²) in [7, 11) is 0. The number of H-pyrrole nitrogens is 1. The van der Waals surface area contributed by atoms with Crippen molar-refractivity contribution < 1.29 is 9.59 Å². The highest BCUT2D eigenvalue weighted by Gasteiger charge is 2.31. The number of hydrogen-bond donors (Lipinski definition) is 1. The molecule has 1 atom stereocenters. The number of aryl methyl sites for hydroxylation is 2. The van der Waals surface area contributed by atoms with Crippen LogP contribution in [0.3, 0.4) is 0 Å². The molecule has 4 rings (SSSR count). The minimum Gasteiger partial charge on any atom is -0.350 e. The largest absolute Gasteiger partial charge is 0.350 e. The number of aromatic amines is 1. The van der Waals surface area contributed by atoms with Crippen LogP contribution in [-0.2, 0) is 0 Å². The average Bonchev–Trinajstić information content (AvgIpc) is 3.03. The highest BCUT2D eigenvalue weighted by atomic mass is 16.2. The van der Waals surface area contributed by atoms with Gasteiger partial charge in [0, 0.05) is 36.1 Å². The first-order chi connectivity index (χ1) is 13.0. The third-order valence-corrected chi connectivity index (χ3v) is 5.42. The Morgan fingerprint density at radius 1 is 1.19 bits per heavy atom. The predicted molar refractivity (Wildman–Crippen MR) is 105 cm³/mol. The van der Waals surface area contributed by atoms with E-state index in [2.05, 4.69) is 16.0 Å². The van der Waals surface area contributed by atoms with Gasteiger partial charge in [0.15, 0.2) is 5.78 Å². The van der Waals surface area contributed by atoms with E-state index in [1.807, 2.05) is 32.0 Å². The van der Waals surface area contributed by atoms with Crippen molar-refractivity contribution in [3.63, 3.8) is 0 Å². The molecule has 1 N–H and O–H groups in total. The SMILES string of the molecule is Cc1ccc2[nH]c(C(=O)N3CCCC(C(=O)c4ccccn4)C3)c(C)c2c1. The molecule has 5 heteroatoms. The van der Waals surface area contributed by atoms with Crippen LogP contribution in [0.4, 0.5) is 0 Å². The zero-order valence-electron chi connectivity index (χ0n) is 15.7. The number of hydrogen-bond acceptors (Lipinski definition) is 3. The molecule has 1 fully saturated rings. The molecule has 27 heavy (non-hydrogen) atoms. The summed E-state index contributed by atoms with van der Waals surface area (Å²) in [5, 5.41) is 1.08. The lowest BCUT2D eigenvalue weighted by molar-refractivity contribution is 0.0631. The summed E-state index contributed by atoms with van der Waals surface area (Å²) in [5.41, 5.74) is 4.22. The number of carbonyl (C=O) groups is 2. The maximum Gasteiger partial charge on any atom is 0.270 e. The number of ketones is 1. The van der Waals surface area contributed by atoms with Gasteiger partial charge in [-0.15, -0.1) is 0 Å². The van der Waals surface area contributed by atoms with E-state index in [9.17, 15) is 9.59 Å². The van der Waals surface area contributed by atoms with Crippen LogP contribution < -0.4 is 0 Å². The minimum absolute atomic E-state index is 0.0251. The molecule has 0 saturated carbocycles. The fraction of sp³-hybridized carbons (Fsp3) is 0.318. The normalized spacial score (nSPS) is 17.3. The molecule has 1 aliphatic rings. The monoisotopic (exact) mass is 361 g/mol. The van der Waals surface area contributed by atoms with Gasteiger partial charge in [-0.25, -0.2) is 0 Å². The molecule has 0 spiro atoms. The molecule has 0 aliphatic carbocycles. The Bertz CT molecular complexity index is 1010. The second-order valence-corrected chi connectivity index (χ2v) is 7.34. The Labute approximate surface area is 158 Å². The molecule has 0 bridgehead atoms. The molecule has 0 radical (unpaired) electrons. The number of amides is 1. The standard InChI is InChI=1S/C22H23N3O2/c1-14-8-9-18-17(12-14)15(2)20(24-18)22(27)25-11-5-6-16(13-25)21(26)19-7-3-4-10-23-19/h3-4,7-10,12,16,24H,5-6,11,13H2,1-2H3. The maximum absolute atomic E-state index is 13.1. The minimum atomic E-state index is -0.190. The molecule has 1 saturated heterocycles. The summed E-state index contributed by atoms with van der Waals surface area (Å²) < 4.78 is 0. The van der Waals surface area contributed by atoms with E-state index in [1.54, 1.807) is 23.2 Å². The molecule has 1 unspecified atom stereocenters. The third kappa shape index (κ3) is 3.25. The Hall–Kier alpha value is -2.95. The second kappa shape index (κ2) is 6.99. The van der Waals surface area contributed by atoms with Gasteiger partial charge < -0.3 is 9.88 Å². The Morgan fingerprint density at radius 2 is 2.04 bits per heavy atom. The zero-order valence-corrected chi connectivity index (χ0v) is 15.7. The number of carbonyl (C=O) groups excluding carboxylic acids is 2. The Morgan fingerprint density at radius 3 is 2.81 bits per heavy atom. The number of rotatable bonds is 3. The van der Waals surface area contributed by atoms with Crippen molar-refractivity contribution in [2.24, 2.45) is 5.92 Å². The first-order valence-electron chi connectivity index (χ1n) is 9.38. The number of likely N-dealkylation sites (tertiary alicyclic amines) is 1. The summed E-state index contributed by atoms with van der Waals surface area (Å²) in [6.07, 6.45) is 3.26. The van der Waals surface area contributed by atoms with Crippen molar-refractivity contribution >= 4 is 22.6 Å². The van der Waals surface area contributed by atoms with Crippen LogP contribution in [0.25, 0.3) is 10.9 Å². The number of nitrogens with one attached hydrogen (secondary N) is 1. The number of benzene rings is 1. The highest BCUT2D eigenvalue weighted by Crippen LogP contribution is 2.26. The number of piperidine rings is 1. The quantitative estimate of drug-likeness (QED) is 0.719. The van der Waals surface area contributed by atoms with E-state index in [0.29, 0.717) is 24.5 Å². The summed E-state index contributed by atoms with van der Waals surface area (Å²) in [5.74, 6) is -0.193. The lowest BCUT2D eigenvalue weighted by atomic mass is 9.91. The van der Waals surface area contributed by atoms with E-state index >= 15 is 0 Å². The molecule has 5 nitrogen and oxygen atoms in total. The van der Waals surface area contributed by atoms with Gasteiger partial charge in [0.2, 0.25) is 0 Å². The molecule has 1 aromatic carbocycles.